The molecule has 3 N–H and O–H groups in total. The van der Waals surface area contributed by atoms with Gasteiger partial charge in [0.25, 0.3) is 0 Å². The Kier molecular flexibility index (Phi) is 3.76. The van der Waals surface area contributed by atoms with Crippen molar-refractivity contribution in [3.63, 3.8) is 0 Å². The second kappa shape index (κ2) is 5.00. The summed E-state index contributed by atoms with van der Waals surface area (Å²) in [5.74, 6) is 0.0494. The van der Waals surface area contributed by atoms with Crippen molar-refractivity contribution in [2.45, 2.75) is 11.4 Å². The Balaban J connectivity index is 2.23. The Morgan fingerprint density at radius 1 is 1.61 bits per heavy atom. The van der Waals surface area contributed by atoms with Crippen LogP contribution in [-0.2, 0) is 16.6 Å². The fourth-order valence-corrected chi connectivity index (χ4v) is 3.79. The van der Waals surface area contributed by atoms with E-state index in [1.54, 1.807) is 0 Å². The minimum Gasteiger partial charge on any atom is -0.383 e. The lowest BCUT2D eigenvalue weighted by molar-refractivity contribution is 0.467. The third-order valence-electron chi connectivity index (χ3n) is 2.35. The molecule has 0 spiro atoms. The summed E-state index contributed by atoms with van der Waals surface area (Å²) in [5, 5.41) is 7.93. The highest BCUT2D eigenvalue weighted by Crippen LogP contribution is 2.24. The van der Waals surface area contributed by atoms with Crippen molar-refractivity contribution in [3.05, 3.63) is 27.0 Å². The summed E-state index contributed by atoms with van der Waals surface area (Å²) >= 11 is 4.85. The zero-order chi connectivity index (χ0) is 13.3. The van der Waals surface area contributed by atoms with Gasteiger partial charge in [0.1, 0.15) is 10.7 Å². The highest BCUT2D eigenvalue weighted by molar-refractivity contribution is 9.11. The number of sulfonamides is 1. The summed E-state index contributed by atoms with van der Waals surface area (Å²) < 4.78 is 26.6. The number of nitrogens with one attached hydrogen (secondary N) is 1. The first kappa shape index (κ1) is 13.5. The van der Waals surface area contributed by atoms with Gasteiger partial charge in [-0.3, -0.25) is 5.10 Å². The molecular formula is C9H11BrN4O2S2. The van der Waals surface area contributed by atoms with E-state index in [0.29, 0.717) is 0 Å². The van der Waals surface area contributed by atoms with Gasteiger partial charge in [0.15, 0.2) is 0 Å². The third kappa shape index (κ3) is 2.58. The van der Waals surface area contributed by atoms with Crippen LogP contribution in [0.2, 0.25) is 0 Å². The van der Waals surface area contributed by atoms with Crippen LogP contribution in [-0.4, -0.2) is 30.0 Å². The molecular weight excluding hydrogens is 340 g/mol. The first-order chi connectivity index (χ1) is 8.41. The van der Waals surface area contributed by atoms with E-state index in [0.717, 1.165) is 9.35 Å². The van der Waals surface area contributed by atoms with Gasteiger partial charge in [-0.05, 0) is 32.9 Å². The maximum atomic E-state index is 12.2. The molecule has 0 saturated carbocycles. The number of hydrogen-bond acceptors (Lipinski definition) is 5. The topological polar surface area (TPSA) is 92.1 Å². The number of hydrogen-bond donors (Lipinski definition) is 2. The van der Waals surface area contributed by atoms with Crippen LogP contribution in [0.5, 0.6) is 0 Å². The summed E-state index contributed by atoms with van der Waals surface area (Å²) in [6, 6.07) is 1.88. The lowest BCUT2D eigenvalue weighted by Gasteiger charge is -2.15. The molecule has 98 valence electrons. The maximum absolute atomic E-state index is 12.2. The van der Waals surface area contributed by atoms with Crippen molar-refractivity contribution in [2.75, 3.05) is 12.8 Å². The normalized spacial score (nSPS) is 12.2. The van der Waals surface area contributed by atoms with Crippen LogP contribution >= 0.6 is 27.3 Å². The Hall–Kier alpha value is -0.900. The predicted octanol–water partition coefficient (Wildman–Crippen LogP) is 1.64. The summed E-state index contributed by atoms with van der Waals surface area (Å²) in [6.07, 6.45) is 1.21. The smallest absolute Gasteiger partial charge is 0.248 e. The van der Waals surface area contributed by atoms with Crippen LogP contribution in [0, 0.1) is 0 Å². The number of nitrogen functional groups attached to an aromatic ring is 1. The van der Waals surface area contributed by atoms with Gasteiger partial charge in [0.2, 0.25) is 10.0 Å². The first-order valence-corrected chi connectivity index (χ1v) is 8.00. The SMILES string of the molecule is CN(Cc1csc(Br)c1)S(=O)(=O)c1cn[nH]c1N. The fourth-order valence-electron chi connectivity index (χ4n) is 1.43. The van der Waals surface area contributed by atoms with Gasteiger partial charge < -0.3 is 5.73 Å². The maximum Gasteiger partial charge on any atom is 0.248 e. The lowest BCUT2D eigenvalue weighted by Crippen LogP contribution is -2.26. The molecule has 0 aliphatic rings. The molecule has 2 aromatic heterocycles. The second-order valence-electron chi connectivity index (χ2n) is 3.67. The number of rotatable bonds is 4. The fraction of sp³-hybridized carbons (Fsp3) is 0.222. The molecule has 0 amide bonds. The Labute approximate surface area is 117 Å². The monoisotopic (exact) mass is 350 g/mol. The van der Waals surface area contributed by atoms with Crippen LogP contribution < -0.4 is 5.73 Å². The van der Waals surface area contributed by atoms with E-state index in [9.17, 15) is 8.42 Å². The van der Waals surface area contributed by atoms with Crippen molar-refractivity contribution in [2.24, 2.45) is 0 Å². The molecule has 0 aromatic carbocycles. The molecule has 9 heteroatoms. The molecule has 2 heterocycles. The third-order valence-corrected chi connectivity index (χ3v) is 5.73. The summed E-state index contributed by atoms with van der Waals surface area (Å²) in [5.41, 5.74) is 6.45. The summed E-state index contributed by atoms with van der Waals surface area (Å²) in [7, 11) is -2.10. The summed E-state index contributed by atoms with van der Waals surface area (Å²) in [6.45, 7) is 0.287. The number of halogens is 1. The van der Waals surface area contributed by atoms with E-state index in [4.69, 9.17) is 5.73 Å². The molecule has 0 unspecified atom stereocenters. The van der Waals surface area contributed by atoms with E-state index in [2.05, 4.69) is 26.1 Å². The highest BCUT2D eigenvalue weighted by Gasteiger charge is 2.25. The van der Waals surface area contributed by atoms with Gasteiger partial charge in [-0.15, -0.1) is 11.3 Å². The largest absolute Gasteiger partial charge is 0.383 e. The minimum atomic E-state index is -3.61. The van der Waals surface area contributed by atoms with Gasteiger partial charge in [-0.2, -0.15) is 9.40 Å². The van der Waals surface area contributed by atoms with E-state index in [1.807, 2.05) is 11.4 Å². The van der Waals surface area contributed by atoms with Crippen LogP contribution in [0.15, 0.2) is 26.3 Å². The number of H-pyrrole nitrogens is 1. The Morgan fingerprint density at radius 3 is 2.83 bits per heavy atom. The van der Waals surface area contributed by atoms with E-state index in [-0.39, 0.29) is 17.3 Å². The molecule has 0 saturated heterocycles. The highest BCUT2D eigenvalue weighted by atomic mass is 79.9. The van der Waals surface area contributed by atoms with Crippen molar-refractivity contribution >= 4 is 43.1 Å². The van der Waals surface area contributed by atoms with Gasteiger partial charge in [-0.25, -0.2) is 8.42 Å². The van der Waals surface area contributed by atoms with Crippen LogP contribution in [0.25, 0.3) is 0 Å². The molecule has 18 heavy (non-hydrogen) atoms. The Morgan fingerprint density at radius 2 is 2.33 bits per heavy atom. The zero-order valence-corrected chi connectivity index (χ0v) is 12.6. The van der Waals surface area contributed by atoms with E-state index < -0.39 is 10.0 Å². The van der Waals surface area contributed by atoms with Crippen molar-refractivity contribution in [1.29, 1.82) is 0 Å². The molecule has 0 bridgehead atoms. The second-order valence-corrected chi connectivity index (χ2v) is 7.97. The van der Waals surface area contributed by atoms with Crippen molar-refractivity contribution < 1.29 is 8.42 Å². The molecule has 0 aliphatic heterocycles. The molecule has 0 aliphatic carbocycles. The standard InChI is InChI=1S/C9H11BrN4O2S2/c1-14(4-6-2-8(10)17-5-6)18(15,16)7-3-12-13-9(7)11/h2-3,5H,4H2,1H3,(H3,11,12,13). The quantitative estimate of drug-likeness (QED) is 0.876. The van der Waals surface area contributed by atoms with Crippen LogP contribution in [0.4, 0.5) is 5.82 Å². The number of aromatic nitrogens is 2. The molecule has 2 rings (SSSR count). The molecule has 0 fully saturated rings. The first-order valence-electron chi connectivity index (χ1n) is 4.89. The average Bonchev–Trinajstić information content (AvgIpc) is 2.87. The van der Waals surface area contributed by atoms with Gasteiger partial charge >= 0.3 is 0 Å². The number of nitrogens with zero attached hydrogens (tertiary/aromatic N) is 2. The van der Waals surface area contributed by atoms with Gasteiger partial charge in [0, 0.05) is 13.6 Å². The van der Waals surface area contributed by atoms with Crippen LogP contribution in [0.3, 0.4) is 0 Å². The van der Waals surface area contributed by atoms with Gasteiger partial charge in [-0.1, -0.05) is 0 Å². The van der Waals surface area contributed by atoms with Crippen molar-refractivity contribution in [1.82, 2.24) is 14.5 Å². The number of nitrogens with two attached hydrogens (primary N) is 1. The molecule has 6 nitrogen and oxygen atoms in total. The van der Waals surface area contributed by atoms with E-state index in [1.165, 1.54) is 28.9 Å². The number of anilines is 1. The minimum absolute atomic E-state index is 0.000653. The average molecular weight is 351 g/mol. The van der Waals surface area contributed by atoms with Crippen molar-refractivity contribution in [3.8, 4) is 0 Å². The zero-order valence-electron chi connectivity index (χ0n) is 9.42. The summed E-state index contributed by atoms with van der Waals surface area (Å²) in [4.78, 5) is -0.000653. The predicted molar refractivity (Wildman–Crippen MR) is 73.7 cm³/mol. The van der Waals surface area contributed by atoms with E-state index >= 15 is 0 Å². The molecule has 0 atom stereocenters. The number of thiophene rings is 1. The Bertz CT molecular complexity index is 649. The lowest BCUT2D eigenvalue weighted by atomic mass is 10.3. The molecule has 2 aromatic rings. The molecule has 0 radical (unpaired) electrons. The van der Waals surface area contributed by atoms with Gasteiger partial charge in [0.05, 0.1) is 9.98 Å². The number of aromatic amines is 1. The van der Waals surface area contributed by atoms with Crippen LogP contribution in [0.1, 0.15) is 5.56 Å².